The Hall–Kier alpha value is -2.08. The largest absolute Gasteiger partial charge is 0.484 e. The van der Waals surface area contributed by atoms with Gasteiger partial charge in [0.25, 0.3) is 5.91 Å². The van der Waals surface area contributed by atoms with Crippen molar-refractivity contribution in [3.05, 3.63) is 40.9 Å². The second-order valence-electron chi connectivity index (χ2n) is 5.59. The Labute approximate surface area is 143 Å². The number of ether oxygens (including phenoxy) is 1. The lowest BCUT2D eigenvalue weighted by Gasteiger charge is -2.10. The van der Waals surface area contributed by atoms with Gasteiger partial charge < -0.3 is 10.1 Å². The molecule has 2 aromatic rings. The lowest BCUT2D eigenvalue weighted by Crippen LogP contribution is -2.42. The highest BCUT2D eigenvalue weighted by Crippen LogP contribution is 2.24. The van der Waals surface area contributed by atoms with Gasteiger partial charge in [-0.15, -0.1) is 0 Å². The molecule has 2 aromatic carbocycles. The minimum absolute atomic E-state index is 0.211. The average Bonchev–Trinajstić information content (AvgIpc) is 2.51. The van der Waals surface area contributed by atoms with Gasteiger partial charge in [0.05, 0.1) is 0 Å². The zero-order chi connectivity index (χ0) is 16.8. The first-order valence-corrected chi connectivity index (χ1v) is 8.13. The molecule has 0 aliphatic rings. The molecule has 0 bridgehead atoms. The Balaban J connectivity index is 1.86. The molecule has 6 heteroatoms. The second-order valence-corrected chi connectivity index (χ2v) is 6.51. The van der Waals surface area contributed by atoms with Crippen molar-refractivity contribution in [1.29, 1.82) is 0 Å². The molecule has 23 heavy (non-hydrogen) atoms. The van der Waals surface area contributed by atoms with E-state index in [9.17, 15) is 9.59 Å². The van der Waals surface area contributed by atoms with E-state index in [0.717, 1.165) is 15.2 Å². The zero-order valence-electron chi connectivity index (χ0n) is 13.1. The molecule has 0 fully saturated rings. The van der Waals surface area contributed by atoms with Crippen molar-refractivity contribution >= 4 is 38.6 Å². The summed E-state index contributed by atoms with van der Waals surface area (Å²) in [6, 6.07) is 11.0. The number of amides is 3. The van der Waals surface area contributed by atoms with Crippen LogP contribution in [-0.4, -0.2) is 25.1 Å². The van der Waals surface area contributed by atoms with Crippen molar-refractivity contribution < 1.29 is 14.3 Å². The Morgan fingerprint density at radius 1 is 1.13 bits per heavy atom. The van der Waals surface area contributed by atoms with Gasteiger partial charge in [-0.25, -0.2) is 4.79 Å². The van der Waals surface area contributed by atoms with E-state index in [1.54, 1.807) is 6.07 Å². The van der Waals surface area contributed by atoms with Crippen LogP contribution in [0.15, 0.2) is 40.9 Å². The molecular formula is C17H19BrN2O3. The number of halogens is 1. The van der Waals surface area contributed by atoms with Crippen LogP contribution >= 0.6 is 15.9 Å². The van der Waals surface area contributed by atoms with Crippen molar-refractivity contribution in [1.82, 2.24) is 10.6 Å². The number of benzene rings is 2. The van der Waals surface area contributed by atoms with Gasteiger partial charge in [0.1, 0.15) is 5.75 Å². The van der Waals surface area contributed by atoms with Crippen LogP contribution in [0.25, 0.3) is 10.8 Å². The molecule has 0 aromatic heterocycles. The van der Waals surface area contributed by atoms with Gasteiger partial charge in [0, 0.05) is 11.0 Å². The van der Waals surface area contributed by atoms with E-state index >= 15 is 0 Å². The number of carbonyl (C=O) groups excluding carboxylic acids is 2. The topological polar surface area (TPSA) is 67.4 Å². The molecule has 0 atom stereocenters. The van der Waals surface area contributed by atoms with Crippen LogP contribution in [0.3, 0.4) is 0 Å². The molecule has 5 nitrogen and oxygen atoms in total. The molecule has 3 amide bonds. The Bertz CT molecular complexity index is 716. The molecule has 0 saturated heterocycles. The summed E-state index contributed by atoms with van der Waals surface area (Å²) in [7, 11) is 0. The quantitative estimate of drug-likeness (QED) is 0.836. The van der Waals surface area contributed by atoms with Gasteiger partial charge in [0.2, 0.25) is 0 Å². The minimum Gasteiger partial charge on any atom is -0.484 e. The number of imide groups is 1. The molecule has 0 aliphatic heterocycles. The first-order chi connectivity index (χ1) is 10.9. The number of fused-ring (bicyclic) bond motifs is 1. The van der Waals surface area contributed by atoms with Gasteiger partial charge >= 0.3 is 6.03 Å². The van der Waals surface area contributed by atoms with E-state index in [1.807, 2.05) is 44.2 Å². The van der Waals surface area contributed by atoms with Crippen LogP contribution in [0, 0.1) is 5.92 Å². The van der Waals surface area contributed by atoms with Crippen molar-refractivity contribution in [2.24, 2.45) is 5.92 Å². The van der Waals surface area contributed by atoms with Gasteiger partial charge in [0.15, 0.2) is 6.61 Å². The molecule has 0 spiro atoms. The van der Waals surface area contributed by atoms with Crippen LogP contribution in [0.2, 0.25) is 0 Å². The molecular weight excluding hydrogens is 360 g/mol. The molecule has 0 unspecified atom stereocenters. The fourth-order valence-corrected chi connectivity index (χ4v) is 2.32. The second kappa shape index (κ2) is 7.97. The summed E-state index contributed by atoms with van der Waals surface area (Å²) in [5.41, 5.74) is 0. The number of urea groups is 1. The van der Waals surface area contributed by atoms with Crippen molar-refractivity contribution in [2.75, 3.05) is 13.2 Å². The van der Waals surface area contributed by atoms with Gasteiger partial charge in [-0.1, -0.05) is 41.9 Å². The number of hydrogen-bond donors (Lipinski definition) is 2. The summed E-state index contributed by atoms with van der Waals surface area (Å²) in [5.74, 6) is 0.421. The molecule has 0 saturated carbocycles. The highest BCUT2D eigenvalue weighted by molar-refractivity contribution is 9.10. The summed E-state index contributed by atoms with van der Waals surface area (Å²) in [4.78, 5) is 23.1. The first-order valence-electron chi connectivity index (χ1n) is 7.34. The summed E-state index contributed by atoms with van der Waals surface area (Å²) in [5, 5.41) is 6.93. The zero-order valence-corrected chi connectivity index (χ0v) is 14.6. The number of nitrogens with one attached hydrogen (secondary N) is 2. The summed E-state index contributed by atoms with van der Waals surface area (Å²) in [6.45, 7) is 4.25. The highest BCUT2D eigenvalue weighted by Gasteiger charge is 2.09. The molecule has 0 aliphatic carbocycles. The van der Waals surface area contributed by atoms with Crippen molar-refractivity contribution in [3.8, 4) is 5.75 Å². The maximum atomic E-state index is 11.7. The smallest absolute Gasteiger partial charge is 0.321 e. The maximum Gasteiger partial charge on any atom is 0.321 e. The van der Waals surface area contributed by atoms with E-state index in [2.05, 4.69) is 26.6 Å². The van der Waals surface area contributed by atoms with E-state index in [-0.39, 0.29) is 6.61 Å². The highest BCUT2D eigenvalue weighted by atomic mass is 79.9. The molecule has 0 radical (unpaired) electrons. The fraction of sp³-hybridized carbons (Fsp3) is 0.294. The fourth-order valence-electron chi connectivity index (χ4n) is 1.94. The third-order valence-corrected chi connectivity index (χ3v) is 3.56. The minimum atomic E-state index is -0.504. The Morgan fingerprint density at radius 3 is 2.57 bits per heavy atom. The van der Waals surface area contributed by atoms with E-state index in [1.165, 1.54) is 0 Å². The normalized spacial score (nSPS) is 10.6. The Kier molecular flexibility index (Phi) is 5.98. The summed E-state index contributed by atoms with van der Waals surface area (Å²) >= 11 is 3.42. The van der Waals surface area contributed by atoms with E-state index < -0.39 is 11.9 Å². The van der Waals surface area contributed by atoms with Crippen molar-refractivity contribution in [2.45, 2.75) is 13.8 Å². The predicted octanol–water partition coefficient (Wildman–Crippen LogP) is 3.46. The molecule has 0 heterocycles. The molecule has 2 N–H and O–H groups in total. The van der Waals surface area contributed by atoms with Gasteiger partial charge in [-0.2, -0.15) is 0 Å². The molecule has 122 valence electrons. The number of hydrogen-bond acceptors (Lipinski definition) is 3. The maximum absolute atomic E-state index is 11.7. The van der Waals surface area contributed by atoms with Crippen LogP contribution in [0.5, 0.6) is 5.75 Å². The average molecular weight is 379 g/mol. The van der Waals surface area contributed by atoms with Crippen LogP contribution in [0.4, 0.5) is 4.79 Å². The third-order valence-electron chi connectivity index (χ3n) is 3.07. The van der Waals surface area contributed by atoms with Crippen LogP contribution in [-0.2, 0) is 4.79 Å². The number of rotatable bonds is 5. The summed E-state index contributed by atoms with van der Waals surface area (Å²) in [6.07, 6.45) is 0. The van der Waals surface area contributed by atoms with E-state index in [0.29, 0.717) is 18.2 Å². The predicted molar refractivity (Wildman–Crippen MR) is 93.5 cm³/mol. The first kappa shape index (κ1) is 17.3. The summed E-state index contributed by atoms with van der Waals surface area (Å²) < 4.78 is 6.43. The van der Waals surface area contributed by atoms with Crippen LogP contribution < -0.4 is 15.4 Å². The lowest BCUT2D eigenvalue weighted by atomic mass is 10.1. The van der Waals surface area contributed by atoms with Gasteiger partial charge in [-0.05, 0) is 41.0 Å². The third kappa shape index (κ3) is 5.56. The van der Waals surface area contributed by atoms with E-state index in [4.69, 9.17) is 4.74 Å². The van der Waals surface area contributed by atoms with Gasteiger partial charge in [-0.3, -0.25) is 10.1 Å². The van der Waals surface area contributed by atoms with Crippen molar-refractivity contribution in [3.63, 3.8) is 0 Å². The standard InChI is InChI=1S/C17H19BrN2O3/c1-11(2)9-19-17(22)20-16(21)10-23-15-6-4-12-7-14(18)5-3-13(12)8-15/h3-8,11H,9-10H2,1-2H3,(H2,19,20,21,22). The Morgan fingerprint density at radius 2 is 1.83 bits per heavy atom. The van der Waals surface area contributed by atoms with Crippen LogP contribution in [0.1, 0.15) is 13.8 Å². The SMILES string of the molecule is CC(C)CNC(=O)NC(=O)COc1ccc2cc(Br)ccc2c1. The lowest BCUT2D eigenvalue weighted by molar-refractivity contribution is -0.122. The number of carbonyl (C=O) groups is 2. The molecule has 2 rings (SSSR count). The monoisotopic (exact) mass is 378 g/mol.